The fourth-order valence-corrected chi connectivity index (χ4v) is 2.78. The van der Waals surface area contributed by atoms with Gasteiger partial charge in [0.25, 0.3) is 0 Å². The Morgan fingerprint density at radius 2 is 2.13 bits per heavy atom. The van der Waals surface area contributed by atoms with E-state index in [0.29, 0.717) is 18.3 Å². The Kier molecular flexibility index (Phi) is 4.29. The van der Waals surface area contributed by atoms with Gasteiger partial charge in [0.1, 0.15) is 5.75 Å². The maximum absolute atomic E-state index is 11.3. The molecule has 3 rings (SSSR count). The molecule has 23 heavy (non-hydrogen) atoms. The topological polar surface area (TPSA) is 94.5 Å². The van der Waals surface area contributed by atoms with Gasteiger partial charge in [-0.15, -0.1) is 10.2 Å². The number of hydrogen-bond acceptors (Lipinski definition) is 6. The highest BCUT2D eigenvalue weighted by Crippen LogP contribution is 2.29. The summed E-state index contributed by atoms with van der Waals surface area (Å²) in [6, 6.07) is 7.40. The highest BCUT2D eigenvalue weighted by atomic mass is 16.5. The van der Waals surface area contributed by atoms with Crippen molar-refractivity contribution in [2.45, 2.75) is 19.4 Å². The zero-order valence-electron chi connectivity index (χ0n) is 13.2. The predicted octanol–water partition coefficient (Wildman–Crippen LogP) is 1.61. The summed E-state index contributed by atoms with van der Waals surface area (Å²) >= 11 is 0. The zero-order valence-corrected chi connectivity index (χ0v) is 13.2. The quantitative estimate of drug-likeness (QED) is 0.900. The number of carbonyl (C=O) groups excluding carboxylic acids is 1. The fourth-order valence-electron chi connectivity index (χ4n) is 2.78. The maximum atomic E-state index is 11.3. The van der Waals surface area contributed by atoms with Crippen LogP contribution in [-0.2, 0) is 4.79 Å². The van der Waals surface area contributed by atoms with Crippen LogP contribution in [0, 0.1) is 5.92 Å². The van der Waals surface area contributed by atoms with E-state index in [2.05, 4.69) is 15.1 Å². The molecule has 0 saturated carbocycles. The van der Waals surface area contributed by atoms with Gasteiger partial charge in [-0.25, -0.2) is 0 Å². The van der Waals surface area contributed by atoms with Crippen molar-refractivity contribution in [2.75, 3.05) is 20.2 Å². The first kappa shape index (κ1) is 15.5. The van der Waals surface area contributed by atoms with Crippen molar-refractivity contribution in [3.63, 3.8) is 0 Å². The van der Waals surface area contributed by atoms with E-state index in [1.54, 1.807) is 7.11 Å². The molecule has 0 bridgehead atoms. The second-order valence-corrected chi connectivity index (χ2v) is 5.73. The Morgan fingerprint density at radius 1 is 1.39 bits per heavy atom. The number of aromatic nitrogens is 2. The van der Waals surface area contributed by atoms with Crippen LogP contribution in [0.15, 0.2) is 28.7 Å². The van der Waals surface area contributed by atoms with Crippen molar-refractivity contribution in [3.05, 3.63) is 30.2 Å². The summed E-state index contributed by atoms with van der Waals surface area (Å²) in [5, 5.41) is 8.26. The number of primary amides is 1. The van der Waals surface area contributed by atoms with E-state index in [1.165, 1.54) is 0 Å². The second kappa shape index (κ2) is 6.37. The SMILES string of the molecule is COc1ccc(-c2nnc([C@H](C)N3CC[C@H](C(N)=O)C3)o2)cc1. The summed E-state index contributed by atoms with van der Waals surface area (Å²) in [5.41, 5.74) is 6.22. The van der Waals surface area contributed by atoms with E-state index >= 15 is 0 Å². The van der Waals surface area contributed by atoms with Crippen molar-refractivity contribution >= 4 is 5.91 Å². The lowest BCUT2D eigenvalue weighted by atomic mass is 10.1. The number of carbonyl (C=O) groups is 1. The highest BCUT2D eigenvalue weighted by molar-refractivity contribution is 5.77. The van der Waals surface area contributed by atoms with Crippen molar-refractivity contribution in [1.82, 2.24) is 15.1 Å². The molecule has 0 unspecified atom stereocenters. The molecule has 1 aromatic heterocycles. The summed E-state index contributed by atoms with van der Waals surface area (Å²) in [5.74, 6) is 1.45. The molecule has 2 heterocycles. The first-order valence-electron chi connectivity index (χ1n) is 7.59. The molecule has 1 saturated heterocycles. The number of nitrogens with two attached hydrogens (primary N) is 1. The predicted molar refractivity (Wildman–Crippen MR) is 83.6 cm³/mol. The van der Waals surface area contributed by atoms with Crippen LogP contribution in [0.3, 0.4) is 0 Å². The van der Waals surface area contributed by atoms with Gasteiger partial charge in [-0.3, -0.25) is 9.69 Å². The molecule has 2 N–H and O–H groups in total. The minimum absolute atomic E-state index is 0.0427. The van der Waals surface area contributed by atoms with E-state index in [9.17, 15) is 4.79 Å². The van der Waals surface area contributed by atoms with Gasteiger partial charge in [0.2, 0.25) is 17.7 Å². The van der Waals surface area contributed by atoms with E-state index < -0.39 is 0 Å². The lowest BCUT2D eigenvalue weighted by molar-refractivity contribution is -0.121. The van der Waals surface area contributed by atoms with Crippen LogP contribution in [0.4, 0.5) is 0 Å². The fraction of sp³-hybridized carbons (Fsp3) is 0.438. The largest absolute Gasteiger partial charge is 0.497 e. The van der Waals surface area contributed by atoms with Gasteiger partial charge in [-0.1, -0.05) is 0 Å². The number of rotatable bonds is 5. The van der Waals surface area contributed by atoms with E-state index in [1.807, 2.05) is 31.2 Å². The van der Waals surface area contributed by atoms with Crippen LogP contribution in [0.5, 0.6) is 5.75 Å². The molecular formula is C16H20N4O3. The summed E-state index contributed by atoms with van der Waals surface area (Å²) < 4.78 is 10.9. The molecule has 0 aliphatic carbocycles. The number of hydrogen-bond donors (Lipinski definition) is 1. The van der Waals surface area contributed by atoms with E-state index in [-0.39, 0.29) is 17.9 Å². The maximum Gasteiger partial charge on any atom is 0.247 e. The summed E-state index contributed by atoms with van der Waals surface area (Å²) in [6.45, 7) is 3.43. The summed E-state index contributed by atoms with van der Waals surface area (Å²) in [7, 11) is 1.62. The van der Waals surface area contributed by atoms with Crippen molar-refractivity contribution in [3.8, 4) is 17.2 Å². The van der Waals surface area contributed by atoms with Crippen LogP contribution >= 0.6 is 0 Å². The first-order chi connectivity index (χ1) is 11.1. The normalized spacial score (nSPS) is 19.7. The van der Waals surface area contributed by atoms with Crippen molar-refractivity contribution in [2.24, 2.45) is 11.7 Å². The molecular weight excluding hydrogens is 296 g/mol. The molecule has 7 nitrogen and oxygen atoms in total. The number of likely N-dealkylation sites (tertiary alicyclic amines) is 1. The molecule has 1 aromatic carbocycles. The number of nitrogens with zero attached hydrogens (tertiary/aromatic N) is 3. The zero-order chi connectivity index (χ0) is 16.4. The molecule has 7 heteroatoms. The van der Waals surface area contributed by atoms with Crippen LogP contribution < -0.4 is 10.5 Å². The Labute approximate surface area is 134 Å². The van der Waals surface area contributed by atoms with E-state index in [4.69, 9.17) is 14.9 Å². The minimum atomic E-state index is -0.246. The van der Waals surface area contributed by atoms with Crippen LogP contribution in [-0.4, -0.2) is 41.2 Å². The Hall–Kier alpha value is -2.41. The molecule has 1 aliphatic rings. The lowest BCUT2D eigenvalue weighted by Gasteiger charge is -2.20. The third kappa shape index (κ3) is 3.19. The van der Waals surface area contributed by atoms with Gasteiger partial charge in [0.15, 0.2) is 0 Å². The third-order valence-corrected chi connectivity index (χ3v) is 4.30. The second-order valence-electron chi connectivity index (χ2n) is 5.73. The van der Waals surface area contributed by atoms with Crippen LogP contribution in [0.2, 0.25) is 0 Å². The van der Waals surface area contributed by atoms with Crippen LogP contribution in [0.25, 0.3) is 11.5 Å². The number of benzene rings is 1. The highest BCUT2D eigenvalue weighted by Gasteiger charge is 2.32. The monoisotopic (exact) mass is 316 g/mol. The average Bonchev–Trinajstić information content (AvgIpc) is 3.24. The molecule has 1 fully saturated rings. The standard InChI is InChI=1S/C16H20N4O3/c1-10(20-8-7-12(9-20)14(17)21)15-18-19-16(23-15)11-3-5-13(22-2)6-4-11/h3-6,10,12H,7-9H2,1-2H3,(H2,17,21)/t10-,12-/m0/s1. The number of ether oxygens (including phenoxy) is 1. The van der Waals surface area contributed by atoms with Crippen molar-refractivity contribution in [1.29, 1.82) is 0 Å². The first-order valence-corrected chi connectivity index (χ1v) is 7.59. The van der Waals surface area contributed by atoms with Crippen molar-refractivity contribution < 1.29 is 13.9 Å². The summed E-state index contributed by atoms with van der Waals surface area (Å²) in [6.07, 6.45) is 0.777. The number of amides is 1. The van der Waals surface area contributed by atoms with Gasteiger partial charge in [-0.2, -0.15) is 0 Å². The molecule has 2 atom stereocenters. The summed E-state index contributed by atoms with van der Waals surface area (Å²) in [4.78, 5) is 13.4. The average molecular weight is 316 g/mol. The van der Waals surface area contributed by atoms with Crippen LogP contribution in [0.1, 0.15) is 25.3 Å². The molecule has 1 amide bonds. The Bertz CT molecular complexity index is 683. The third-order valence-electron chi connectivity index (χ3n) is 4.30. The Morgan fingerprint density at radius 3 is 2.74 bits per heavy atom. The minimum Gasteiger partial charge on any atom is -0.497 e. The van der Waals surface area contributed by atoms with Gasteiger partial charge in [-0.05, 0) is 44.2 Å². The lowest BCUT2D eigenvalue weighted by Crippen LogP contribution is -2.29. The number of methoxy groups -OCH3 is 1. The molecule has 2 aromatic rings. The molecule has 1 aliphatic heterocycles. The van der Waals surface area contributed by atoms with E-state index in [0.717, 1.165) is 24.3 Å². The van der Waals surface area contributed by atoms with Gasteiger partial charge < -0.3 is 14.9 Å². The van der Waals surface area contributed by atoms with Gasteiger partial charge in [0, 0.05) is 12.1 Å². The molecule has 0 radical (unpaired) electrons. The Balaban J connectivity index is 1.72. The van der Waals surface area contributed by atoms with Gasteiger partial charge in [0.05, 0.1) is 19.1 Å². The smallest absolute Gasteiger partial charge is 0.247 e. The molecule has 122 valence electrons. The molecule has 0 spiro atoms. The van der Waals surface area contributed by atoms with Gasteiger partial charge >= 0.3 is 0 Å².